The first kappa shape index (κ1) is 13.6. The van der Waals surface area contributed by atoms with Crippen LogP contribution in [0.15, 0.2) is 45.0 Å². The van der Waals surface area contributed by atoms with Gasteiger partial charge in [0.15, 0.2) is 5.58 Å². The summed E-state index contributed by atoms with van der Waals surface area (Å²) in [7, 11) is 0. The largest absolute Gasteiger partial charge is 0.478 e. The minimum absolute atomic E-state index is 0.188. The van der Waals surface area contributed by atoms with Crippen LogP contribution in [0.25, 0.3) is 11.1 Å². The summed E-state index contributed by atoms with van der Waals surface area (Å²) in [5, 5.41) is 10.1. The monoisotopic (exact) mass is 300 g/mol. The van der Waals surface area contributed by atoms with Gasteiger partial charge in [-0.25, -0.2) is 14.8 Å². The third-order valence-corrected chi connectivity index (χ3v) is 3.82. The van der Waals surface area contributed by atoms with Crippen molar-refractivity contribution in [3.8, 4) is 0 Å². The Labute approximate surface area is 125 Å². The normalized spacial score (nSPS) is 11.0. The van der Waals surface area contributed by atoms with Crippen LogP contribution in [0, 0.1) is 13.8 Å². The predicted molar refractivity (Wildman–Crippen MR) is 78.8 cm³/mol. The van der Waals surface area contributed by atoms with Crippen LogP contribution in [0.1, 0.15) is 21.6 Å². The molecule has 0 aliphatic carbocycles. The lowest BCUT2D eigenvalue weighted by Crippen LogP contribution is -2.05. The lowest BCUT2D eigenvalue weighted by molar-refractivity contribution is 0.0691. The summed E-state index contributed by atoms with van der Waals surface area (Å²) in [5.41, 5.74) is 3.03. The van der Waals surface area contributed by atoms with Gasteiger partial charge in [-0.3, -0.25) is 0 Å². The van der Waals surface area contributed by atoms with Crippen LogP contribution < -0.4 is 0 Å². The summed E-state index contributed by atoms with van der Waals surface area (Å²) in [6.45, 7) is 3.59. The number of carboxylic acid groups (broad SMARTS) is 1. The molecule has 5 nitrogen and oxygen atoms in total. The van der Waals surface area contributed by atoms with Crippen LogP contribution in [0.3, 0.4) is 0 Å². The second-order valence-electron chi connectivity index (χ2n) is 4.62. The summed E-state index contributed by atoms with van der Waals surface area (Å²) in [6.07, 6.45) is 0. The molecule has 0 saturated carbocycles. The van der Waals surface area contributed by atoms with E-state index in [2.05, 4.69) is 9.97 Å². The Balaban J connectivity index is 2.06. The van der Waals surface area contributed by atoms with Crippen molar-refractivity contribution in [2.24, 2.45) is 0 Å². The lowest BCUT2D eigenvalue weighted by Gasteiger charge is -2.07. The Morgan fingerprint density at radius 2 is 2.00 bits per heavy atom. The number of fused-ring (bicyclic) bond motifs is 1. The standard InChI is InChI=1S/C15H12N2O3S/c1-8-7-9(2)16-13(12(8)14(18)19)21-15-17-10-5-3-4-6-11(10)20-15/h3-7H,1-2H3,(H,18,19). The molecule has 1 N–H and O–H groups in total. The minimum atomic E-state index is -1.00. The van der Waals surface area contributed by atoms with Gasteiger partial charge in [0.2, 0.25) is 0 Å². The van der Waals surface area contributed by atoms with Gasteiger partial charge in [0.25, 0.3) is 5.22 Å². The minimum Gasteiger partial charge on any atom is -0.478 e. The average Bonchev–Trinajstić information content (AvgIpc) is 2.79. The molecule has 106 valence electrons. The van der Waals surface area contributed by atoms with Crippen molar-refractivity contribution in [1.82, 2.24) is 9.97 Å². The third-order valence-electron chi connectivity index (χ3n) is 2.98. The van der Waals surface area contributed by atoms with E-state index in [1.54, 1.807) is 13.0 Å². The Morgan fingerprint density at radius 1 is 1.24 bits per heavy atom. The maximum Gasteiger partial charge on any atom is 0.338 e. The molecule has 0 aliphatic rings. The number of para-hydroxylation sites is 2. The molecule has 21 heavy (non-hydrogen) atoms. The number of carbonyl (C=O) groups is 1. The van der Waals surface area contributed by atoms with Gasteiger partial charge in [-0.2, -0.15) is 0 Å². The third kappa shape index (κ3) is 2.62. The summed E-state index contributed by atoms with van der Waals surface area (Å²) in [5.74, 6) is -1.00. The Hall–Kier alpha value is -2.34. The number of nitrogens with zero attached hydrogens (tertiary/aromatic N) is 2. The first-order chi connectivity index (χ1) is 10.0. The highest BCUT2D eigenvalue weighted by atomic mass is 32.2. The van der Waals surface area contributed by atoms with Gasteiger partial charge in [-0.15, -0.1) is 0 Å². The molecule has 3 aromatic rings. The van der Waals surface area contributed by atoms with Gasteiger partial charge < -0.3 is 9.52 Å². The van der Waals surface area contributed by atoms with Crippen LogP contribution in [0.2, 0.25) is 0 Å². The number of aryl methyl sites for hydroxylation is 2. The lowest BCUT2D eigenvalue weighted by atomic mass is 10.1. The smallest absolute Gasteiger partial charge is 0.338 e. The molecule has 2 aromatic heterocycles. The molecule has 0 saturated heterocycles. The molecule has 0 amide bonds. The van der Waals surface area contributed by atoms with E-state index in [1.165, 1.54) is 0 Å². The second kappa shape index (κ2) is 5.21. The molecule has 2 heterocycles. The molecule has 1 aromatic carbocycles. The molecular formula is C15H12N2O3S. The predicted octanol–water partition coefficient (Wildman–Crippen LogP) is 3.69. The number of pyridine rings is 1. The fourth-order valence-corrected chi connectivity index (χ4v) is 3.09. The maximum atomic E-state index is 11.4. The van der Waals surface area contributed by atoms with E-state index in [-0.39, 0.29) is 5.56 Å². The fourth-order valence-electron chi connectivity index (χ4n) is 2.11. The first-order valence-corrected chi connectivity index (χ1v) is 7.11. The average molecular weight is 300 g/mol. The highest BCUT2D eigenvalue weighted by Crippen LogP contribution is 2.32. The SMILES string of the molecule is Cc1cc(C)c(C(=O)O)c(Sc2nc3ccccc3o2)n1. The number of rotatable bonds is 3. The topological polar surface area (TPSA) is 76.2 Å². The van der Waals surface area contributed by atoms with Crippen LogP contribution in [-0.4, -0.2) is 21.0 Å². The van der Waals surface area contributed by atoms with Crippen molar-refractivity contribution < 1.29 is 14.3 Å². The van der Waals surface area contributed by atoms with Crippen molar-refractivity contribution in [3.63, 3.8) is 0 Å². The van der Waals surface area contributed by atoms with Gasteiger partial charge in [0.05, 0.1) is 5.56 Å². The molecule has 0 atom stereocenters. The van der Waals surface area contributed by atoms with Gasteiger partial charge in [0.1, 0.15) is 10.5 Å². The molecular weight excluding hydrogens is 288 g/mol. The molecule has 3 rings (SSSR count). The van der Waals surface area contributed by atoms with Crippen molar-refractivity contribution in [2.45, 2.75) is 24.1 Å². The molecule has 0 radical (unpaired) electrons. The quantitative estimate of drug-likeness (QED) is 0.795. The van der Waals surface area contributed by atoms with Crippen LogP contribution in [-0.2, 0) is 0 Å². The summed E-state index contributed by atoms with van der Waals surface area (Å²) in [4.78, 5) is 20.0. The molecule has 6 heteroatoms. The number of carboxylic acids is 1. The molecule has 0 spiro atoms. The van der Waals surface area contributed by atoms with Crippen LogP contribution >= 0.6 is 11.8 Å². The second-order valence-corrected chi connectivity index (χ2v) is 5.56. The van der Waals surface area contributed by atoms with Gasteiger partial charge in [-0.05, 0) is 49.4 Å². The zero-order chi connectivity index (χ0) is 15.0. The van der Waals surface area contributed by atoms with Gasteiger partial charge in [-0.1, -0.05) is 12.1 Å². The Kier molecular flexibility index (Phi) is 3.39. The van der Waals surface area contributed by atoms with Crippen molar-refractivity contribution in [1.29, 1.82) is 0 Å². The zero-order valence-electron chi connectivity index (χ0n) is 11.5. The van der Waals surface area contributed by atoms with Crippen LogP contribution in [0.4, 0.5) is 0 Å². The van der Waals surface area contributed by atoms with E-state index in [0.29, 0.717) is 21.4 Å². The number of benzene rings is 1. The van der Waals surface area contributed by atoms with E-state index >= 15 is 0 Å². The number of oxazole rings is 1. The highest BCUT2D eigenvalue weighted by Gasteiger charge is 2.19. The summed E-state index contributed by atoms with van der Waals surface area (Å²) in [6, 6.07) is 9.14. The number of aromatic carboxylic acids is 1. The van der Waals surface area contributed by atoms with E-state index in [0.717, 1.165) is 23.0 Å². The maximum absolute atomic E-state index is 11.4. The molecule has 0 aliphatic heterocycles. The van der Waals surface area contributed by atoms with E-state index < -0.39 is 5.97 Å². The van der Waals surface area contributed by atoms with Crippen molar-refractivity contribution >= 4 is 28.8 Å². The molecule has 0 unspecified atom stereocenters. The number of hydrogen-bond acceptors (Lipinski definition) is 5. The molecule has 0 fully saturated rings. The summed E-state index contributed by atoms with van der Waals surface area (Å²) < 4.78 is 5.61. The van der Waals surface area contributed by atoms with Gasteiger partial charge in [0, 0.05) is 5.69 Å². The highest BCUT2D eigenvalue weighted by molar-refractivity contribution is 7.99. The van der Waals surface area contributed by atoms with Crippen LogP contribution in [0.5, 0.6) is 0 Å². The van der Waals surface area contributed by atoms with E-state index in [9.17, 15) is 9.90 Å². The molecule has 0 bridgehead atoms. The summed E-state index contributed by atoms with van der Waals surface area (Å²) >= 11 is 1.13. The Bertz CT molecular complexity index is 809. The Morgan fingerprint density at radius 3 is 2.71 bits per heavy atom. The van der Waals surface area contributed by atoms with Crippen molar-refractivity contribution in [3.05, 3.63) is 47.2 Å². The van der Waals surface area contributed by atoms with Gasteiger partial charge >= 0.3 is 5.97 Å². The fraction of sp³-hybridized carbons (Fsp3) is 0.133. The zero-order valence-corrected chi connectivity index (χ0v) is 12.3. The van der Waals surface area contributed by atoms with E-state index in [1.807, 2.05) is 31.2 Å². The van der Waals surface area contributed by atoms with Crippen molar-refractivity contribution in [2.75, 3.05) is 0 Å². The van der Waals surface area contributed by atoms with E-state index in [4.69, 9.17) is 4.42 Å². The number of hydrogen-bond donors (Lipinski definition) is 1. The number of aromatic nitrogens is 2. The first-order valence-electron chi connectivity index (χ1n) is 6.29.